The minimum Gasteiger partial charge on any atom is -0.398 e. The van der Waals surface area contributed by atoms with Crippen molar-refractivity contribution in [2.75, 3.05) is 37.2 Å². The number of imide groups is 2. The summed E-state index contributed by atoms with van der Waals surface area (Å²) in [7, 11) is 0. The Morgan fingerprint density at radius 3 is 2.47 bits per heavy atom. The van der Waals surface area contributed by atoms with Gasteiger partial charge in [0.2, 0.25) is 11.8 Å². The Balaban J connectivity index is 0.859. The van der Waals surface area contributed by atoms with E-state index in [4.69, 9.17) is 10.7 Å². The summed E-state index contributed by atoms with van der Waals surface area (Å²) in [6.07, 6.45) is 8.25. The molecule has 11 nitrogen and oxygen atoms in total. The van der Waals surface area contributed by atoms with E-state index in [0.717, 1.165) is 72.4 Å². The number of anilines is 2. The van der Waals surface area contributed by atoms with Crippen molar-refractivity contribution in [2.45, 2.75) is 89.2 Å². The van der Waals surface area contributed by atoms with Crippen LogP contribution >= 0.6 is 11.3 Å². The van der Waals surface area contributed by atoms with Crippen molar-refractivity contribution >= 4 is 56.6 Å². The molecule has 1 saturated carbocycles. The third-order valence-electron chi connectivity index (χ3n) is 11.0. The quantitative estimate of drug-likeness (QED) is 0.180. The van der Waals surface area contributed by atoms with Crippen LogP contribution in [0.4, 0.5) is 11.4 Å². The van der Waals surface area contributed by atoms with Crippen LogP contribution in [-0.4, -0.2) is 75.7 Å². The van der Waals surface area contributed by atoms with Crippen LogP contribution in [0.1, 0.15) is 109 Å². The van der Waals surface area contributed by atoms with Crippen molar-refractivity contribution in [1.82, 2.24) is 20.1 Å². The standard InChI is InChI=1S/C37H46N6O5S/c1-37(2,48)25-18-28-30(19-26(25)38)49-34(40-28)23-8-6-22(7-9-23)20-42-16-13-21(14-17-42)12-15-39-27-5-3-4-24-32(27)36(47)43(35(24)46)29-10-11-31(44)41-33(29)45/h3-5,18-19,21-23,29,39,48H,6-17,20,38H2,1-2H3,(H,41,44,45). The van der Waals surface area contributed by atoms with Crippen LogP contribution in [0.3, 0.4) is 0 Å². The highest BCUT2D eigenvalue weighted by Crippen LogP contribution is 2.41. The minimum atomic E-state index is -0.997. The van der Waals surface area contributed by atoms with Crippen LogP contribution in [0.15, 0.2) is 30.3 Å². The third kappa shape index (κ3) is 6.82. The molecule has 4 amide bonds. The number of nitrogen functional groups attached to an aromatic ring is 1. The average Bonchev–Trinajstić information content (AvgIpc) is 3.59. The van der Waals surface area contributed by atoms with Gasteiger partial charge in [0.1, 0.15) is 6.04 Å². The molecule has 0 radical (unpaired) electrons. The first-order chi connectivity index (χ1) is 23.5. The number of thiazole rings is 1. The molecule has 0 bridgehead atoms. The number of likely N-dealkylation sites (tertiary alicyclic amines) is 1. The molecule has 3 fully saturated rings. The highest BCUT2D eigenvalue weighted by atomic mass is 32.1. The fraction of sp³-hybridized carbons (Fsp3) is 0.541. The topological polar surface area (TPSA) is 158 Å². The maximum absolute atomic E-state index is 13.4. The number of amides is 4. The first kappa shape index (κ1) is 33.6. The lowest BCUT2D eigenvalue weighted by Crippen LogP contribution is -2.54. The lowest BCUT2D eigenvalue weighted by Gasteiger charge is -2.36. The van der Waals surface area contributed by atoms with Gasteiger partial charge in [0.05, 0.1) is 32.0 Å². The predicted molar refractivity (Wildman–Crippen MR) is 189 cm³/mol. The monoisotopic (exact) mass is 686 g/mol. The number of nitrogens with zero attached hydrogens (tertiary/aromatic N) is 3. The van der Waals surface area contributed by atoms with Crippen molar-refractivity contribution in [1.29, 1.82) is 0 Å². The van der Waals surface area contributed by atoms with Gasteiger partial charge >= 0.3 is 0 Å². The highest BCUT2D eigenvalue weighted by molar-refractivity contribution is 7.18. The number of hydrogen-bond acceptors (Lipinski definition) is 10. The average molecular weight is 687 g/mol. The van der Waals surface area contributed by atoms with E-state index >= 15 is 0 Å². The van der Waals surface area contributed by atoms with Gasteiger partial charge in [-0.05, 0) is 114 Å². The highest BCUT2D eigenvalue weighted by Gasteiger charge is 2.45. The fourth-order valence-corrected chi connectivity index (χ4v) is 9.37. The molecule has 1 atom stereocenters. The van der Waals surface area contributed by atoms with E-state index in [1.807, 2.05) is 18.2 Å². The van der Waals surface area contributed by atoms with Crippen LogP contribution in [0.2, 0.25) is 0 Å². The molecule has 1 aliphatic carbocycles. The van der Waals surface area contributed by atoms with Gasteiger partial charge in [-0.1, -0.05) is 6.07 Å². The van der Waals surface area contributed by atoms with Crippen molar-refractivity contribution in [3.63, 3.8) is 0 Å². The van der Waals surface area contributed by atoms with E-state index in [-0.39, 0.29) is 18.7 Å². The third-order valence-corrected chi connectivity index (χ3v) is 12.2. The maximum atomic E-state index is 13.4. The predicted octanol–water partition coefficient (Wildman–Crippen LogP) is 5.00. The Hall–Kier alpha value is -3.87. The molecule has 49 heavy (non-hydrogen) atoms. The zero-order chi connectivity index (χ0) is 34.4. The van der Waals surface area contributed by atoms with Gasteiger partial charge in [-0.3, -0.25) is 29.4 Å². The minimum absolute atomic E-state index is 0.100. The molecule has 5 N–H and O–H groups in total. The van der Waals surface area contributed by atoms with E-state index in [2.05, 4.69) is 15.5 Å². The second-order valence-electron chi connectivity index (χ2n) is 14.9. The van der Waals surface area contributed by atoms with E-state index in [1.54, 1.807) is 37.3 Å². The Bertz CT molecular complexity index is 1780. The molecule has 12 heteroatoms. The number of aromatic nitrogens is 1. The molecule has 1 aromatic heterocycles. The van der Waals surface area contributed by atoms with Gasteiger partial charge in [0.15, 0.2) is 0 Å². The largest absolute Gasteiger partial charge is 0.398 e. The van der Waals surface area contributed by atoms with E-state index < -0.39 is 29.4 Å². The van der Waals surface area contributed by atoms with Gasteiger partial charge in [0.25, 0.3) is 11.8 Å². The molecule has 2 aromatic carbocycles. The number of carbonyl (C=O) groups excluding carboxylic acids is 4. The summed E-state index contributed by atoms with van der Waals surface area (Å²) in [5, 5.41) is 17.3. The first-order valence-corrected chi connectivity index (χ1v) is 18.5. The summed E-state index contributed by atoms with van der Waals surface area (Å²) in [6.45, 7) is 7.56. The number of aliphatic hydroxyl groups is 1. The summed E-state index contributed by atoms with van der Waals surface area (Å²) in [4.78, 5) is 59.2. The van der Waals surface area contributed by atoms with E-state index in [0.29, 0.717) is 46.8 Å². The molecule has 0 spiro atoms. The molecular formula is C37H46N6O5S. The number of piperidine rings is 2. The zero-order valence-corrected chi connectivity index (χ0v) is 29.1. The molecule has 2 saturated heterocycles. The molecule has 3 aromatic rings. The summed E-state index contributed by atoms with van der Waals surface area (Å²) < 4.78 is 1.09. The van der Waals surface area contributed by atoms with Gasteiger partial charge in [-0.15, -0.1) is 11.3 Å². The Kier molecular flexibility index (Phi) is 9.23. The van der Waals surface area contributed by atoms with Crippen LogP contribution in [-0.2, 0) is 15.2 Å². The number of nitrogens with one attached hydrogen (secondary N) is 2. The van der Waals surface area contributed by atoms with Crippen molar-refractivity contribution in [3.05, 3.63) is 52.0 Å². The smallest absolute Gasteiger partial charge is 0.264 e. The second-order valence-corrected chi connectivity index (χ2v) is 15.9. The zero-order valence-electron chi connectivity index (χ0n) is 28.3. The van der Waals surface area contributed by atoms with E-state index in [9.17, 15) is 24.3 Å². The molecule has 3 aliphatic heterocycles. The lowest BCUT2D eigenvalue weighted by molar-refractivity contribution is -0.136. The van der Waals surface area contributed by atoms with Gasteiger partial charge in [0, 0.05) is 42.4 Å². The fourth-order valence-electron chi connectivity index (χ4n) is 8.20. The van der Waals surface area contributed by atoms with Gasteiger partial charge < -0.3 is 21.1 Å². The molecule has 260 valence electrons. The number of hydrogen-bond donors (Lipinski definition) is 4. The Morgan fingerprint density at radius 1 is 1.00 bits per heavy atom. The normalized spacial score (nSPS) is 24.1. The van der Waals surface area contributed by atoms with Crippen LogP contribution < -0.4 is 16.4 Å². The van der Waals surface area contributed by atoms with Gasteiger partial charge in [-0.2, -0.15) is 0 Å². The van der Waals surface area contributed by atoms with Crippen LogP contribution in [0.25, 0.3) is 10.2 Å². The van der Waals surface area contributed by atoms with E-state index in [1.165, 1.54) is 17.8 Å². The van der Waals surface area contributed by atoms with Crippen LogP contribution in [0.5, 0.6) is 0 Å². The van der Waals surface area contributed by atoms with Crippen LogP contribution in [0, 0.1) is 11.8 Å². The lowest BCUT2D eigenvalue weighted by atomic mass is 9.81. The maximum Gasteiger partial charge on any atom is 0.264 e. The molecule has 7 rings (SSSR count). The summed E-state index contributed by atoms with van der Waals surface area (Å²) >= 11 is 1.74. The van der Waals surface area contributed by atoms with Gasteiger partial charge in [-0.25, -0.2) is 4.98 Å². The Labute approximate surface area is 290 Å². The molecule has 1 unspecified atom stereocenters. The summed E-state index contributed by atoms with van der Waals surface area (Å²) in [5.41, 5.74) is 8.77. The Morgan fingerprint density at radius 2 is 1.76 bits per heavy atom. The molecule has 4 aliphatic rings. The number of carbonyl (C=O) groups is 4. The summed E-state index contributed by atoms with van der Waals surface area (Å²) in [5.74, 6) is -0.157. The number of rotatable bonds is 9. The van der Waals surface area contributed by atoms with Crippen molar-refractivity contribution < 1.29 is 24.3 Å². The SMILES string of the molecule is CC(C)(O)c1cc2nc(C3CCC(CN4CCC(CCNc5cccc6c5C(=O)N(C5CCC(=O)NC5=O)C6=O)CC4)CC3)sc2cc1N. The molecular weight excluding hydrogens is 641 g/mol. The second kappa shape index (κ2) is 13.4. The first-order valence-electron chi connectivity index (χ1n) is 17.7. The number of fused-ring (bicyclic) bond motifs is 2. The van der Waals surface area contributed by atoms with Crippen molar-refractivity contribution in [2.24, 2.45) is 11.8 Å². The molecule has 4 heterocycles. The summed E-state index contributed by atoms with van der Waals surface area (Å²) in [6, 6.07) is 8.15. The number of benzene rings is 2. The number of nitrogens with two attached hydrogens (primary N) is 1. The van der Waals surface area contributed by atoms with Crippen molar-refractivity contribution in [3.8, 4) is 0 Å².